The van der Waals surface area contributed by atoms with Crippen LogP contribution in [0, 0.1) is 23.2 Å². The Morgan fingerprint density at radius 2 is 1.71 bits per heavy atom. The summed E-state index contributed by atoms with van der Waals surface area (Å²) in [7, 11) is 0. The van der Waals surface area contributed by atoms with Crippen LogP contribution in [-0.4, -0.2) is 39.0 Å². The van der Waals surface area contributed by atoms with Crippen LogP contribution in [0.15, 0.2) is 33.2 Å². The van der Waals surface area contributed by atoms with Crippen molar-refractivity contribution in [3.05, 3.63) is 41.9 Å². The lowest BCUT2D eigenvalue weighted by molar-refractivity contribution is -0.133. The van der Waals surface area contributed by atoms with Gasteiger partial charge in [-0.25, -0.2) is 4.39 Å². The molecule has 8 saturated carbocycles. The molecule has 0 spiro atoms. The van der Waals surface area contributed by atoms with Gasteiger partial charge in [-0.15, -0.1) is 10.2 Å². The first-order valence-corrected chi connectivity index (χ1v) is 16.2. The molecule has 0 saturated heterocycles. The minimum Gasteiger partial charge on any atom is -0.420 e. The van der Waals surface area contributed by atoms with Crippen molar-refractivity contribution in [1.29, 1.82) is 0 Å². The molecule has 9 heteroatoms. The number of alkyl halides is 1. The van der Waals surface area contributed by atoms with Gasteiger partial charge in [0.1, 0.15) is 6.17 Å². The summed E-state index contributed by atoms with van der Waals surface area (Å²) in [6.45, 7) is 0.656. The number of halogens is 1. The summed E-state index contributed by atoms with van der Waals surface area (Å²) in [5.74, 6) is 4.10. The molecule has 0 radical (unpaired) electrons. The van der Waals surface area contributed by atoms with Crippen molar-refractivity contribution >= 4 is 11.6 Å². The second-order valence-electron chi connectivity index (χ2n) is 14.6. The molecule has 8 fully saturated rings. The molecule has 1 amide bonds. The first-order chi connectivity index (χ1) is 20.5. The minimum atomic E-state index is -0.866. The number of aromatic nitrogens is 4. The molecule has 11 rings (SSSR count). The van der Waals surface area contributed by atoms with Gasteiger partial charge >= 0.3 is 0 Å². The van der Waals surface area contributed by atoms with Crippen LogP contribution in [0.25, 0.3) is 11.5 Å². The van der Waals surface area contributed by atoms with Gasteiger partial charge in [-0.1, -0.05) is 11.2 Å². The first-order valence-electron chi connectivity index (χ1n) is 16.2. The Kier molecular flexibility index (Phi) is 5.56. The molecular formula is C33H38FN5O3. The zero-order valence-corrected chi connectivity index (χ0v) is 24.0. The third kappa shape index (κ3) is 4.16. The highest BCUT2D eigenvalue weighted by molar-refractivity contribution is 5.96. The van der Waals surface area contributed by atoms with Gasteiger partial charge in [-0.05, 0) is 119 Å². The van der Waals surface area contributed by atoms with E-state index in [1.54, 1.807) is 0 Å². The number of hydrogen-bond donors (Lipinski definition) is 0. The fourth-order valence-corrected chi connectivity index (χ4v) is 8.53. The van der Waals surface area contributed by atoms with Crippen molar-refractivity contribution in [2.45, 2.75) is 107 Å². The Hall–Kier alpha value is -3.10. The second-order valence-corrected chi connectivity index (χ2v) is 14.6. The number of nitrogens with zero attached hydrogens (tertiary/aromatic N) is 5. The molecule has 0 N–H and O–H groups in total. The third-order valence-electron chi connectivity index (χ3n) is 11.9. The fraction of sp³-hybridized carbons (Fsp3) is 0.667. The molecule has 220 valence electrons. The number of carbonyl (C=O) groups is 1. The van der Waals surface area contributed by atoms with E-state index in [0.717, 1.165) is 87.2 Å². The average Bonchev–Trinajstić information content (AvgIpc) is 3.94. The molecule has 8 aliphatic carbocycles. The van der Waals surface area contributed by atoms with E-state index in [-0.39, 0.29) is 28.6 Å². The van der Waals surface area contributed by atoms with Crippen LogP contribution in [0.4, 0.5) is 10.1 Å². The van der Waals surface area contributed by atoms with Gasteiger partial charge in [0, 0.05) is 41.0 Å². The molecule has 42 heavy (non-hydrogen) atoms. The van der Waals surface area contributed by atoms with Crippen molar-refractivity contribution in [2.75, 3.05) is 11.4 Å². The van der Waals surface area contributed by atoms with Gasteiger partial charge in [0.15, 0.2) is 5.82 Å². The smallest absolute Gasteiger partial charge is 0.247 e. The molecular weight excluding hydrogens is 533 g/mol. The summed E-state index contributed by atoms with van der Waals surface area (Å²) in [5.41, 5.74) is 1.68. The highest BCUT2D eigenvalue weighted by Gasteiger charge is 2.55. The van der Waals surface area contributed by atoms with Crippen LogP contribution in [0.3, 0.4) is 0 Å². The van der Waals surface area contributed by atoms with Crippen molar-refractivity contribution in [2.24, 2.45) is 23.2 Å². The SMILES string of the molecule is O=C(C1CC(F)C2CC1C2)N(CC12CCC(c3nc(C4CC4)no3)(CC1)CC2)c1cccc(-c2nnc(C3CC3)o2)c1. The van der Waals surface area contributed by atoms with E-state index in [0.29, 0.717) is 42.5 Å². The van der Waals surface area contributed by atoms with Crippen LogP contribution in [0.1, 0.15) is 113 Å². The minimum absolute atomic E-state index is 0.0281. The molecule has 2 heterocycles. The average molecular weight is 572 g/mol. The summed E-state index contributed by atoms with van der Waals surface area (Å²) in [5, 5.41) is 12.9. The maximum absolute atomic E-state index is 14.9. The van der Waals surface area contributed by atoms with E-state index in [2.05, 4.69) is 15.4 Å². The van der Waals surface area contributed by atoms with Crippen molar-refractivity contribution < 1.29 is 18.1 Å². The van der Waals surface area contributed by atoms with Gasteiger partial charge in [0.25, 0.3) is 0 Å². The maximum Gasteiger partial charge on any atom is 0.247 e. The summed E-state index contributed by atoms with van der Waals surface area (Å²) in [6, 6.07) is 7.98. The molecule has 8 aliphatic rings. The third-order valence-corrected chi connectivity index (χ3v) is 11.9. The number of fused-ring (bicyclic) bond motifs is 5. The molecule has 1 aromatic carbocycles. The predicted molar refractivity (Wildman–Crippen MR) is 151 cm³/mol. The zero-order valence-electron chi connectivity index (χ0n) is 24.0. The molecule has 2 unspecified atom stereocenters. The lowest BCUT2D eigenvalue weighted by atomic mass is 9.53. The fourth-order valence-electron chi connectivity index (χ4n) is 8.53. The molecule has 2 aromatic heterocycles. The largest absolute Gasteiger partial charge is 0.420 e. The first kappa shape index (κ1) is 25.4. The number of amides is 1. The number of carbonyl (C=O) groups excluding carboxylic acids is 1. The van der Waals surface area contributed by atoms with Gasteiger partial charge < -0.3 is 13.8 Å². The highest BCUT2D eigenvalue weighted by atomic mass is 19.1. The Bertz CT molecular complexity index is 1490. The number of anilines is 1. The summed E-state index contributed by atoms with van der Waals surface area (Å²) < 4.78 is 26.8. The topological polar surface area (TPSA) is 98.2 Å². The van der Waals surface area contributed by atoms with Gasteiger partial charge in [0.2, 0.25) is 23.6 Å². The number of hydrogen-bond acceptors (Lipinski definition) is 7. The standard InChI is InChI=1S/C33H38FN5O3/c34-26-17-25(22-14-23(26)15-22)30(40)39(24-3-1-2-21(16-24)29-37-36-28(41-29)20-6-7-20)18-32-8-11-33(12-9-32,13-10-32)31-35-27(38-42-31)19-4-5-19/h1-3,16,19-20,22-23,25-26H,4-15,17-18H2. The summed E-state index contributed by atoms with van der Waals surface area (Å²) >= 11 is 0. The van der Waals surface area contributed by atoms with E-state index >= 15 is 0 Å². The number of rotatable bonds is 8. The number of benzene rings is 1. The molecule has 2 atom stereocenters. The van der Waals surface area contributed by atoms with Gasteiger partial charge in [-0.2, -0.15) is 4.98 Å². The lowest BCUT2D eigenvalue weighted by Gasteiger charge is -2.54. The highest BCUT2D eigenvalue weighted by Crippen LogP contribution is 2.59. The molecule has 8 nitrogen and oxygen atoms in total. The lowest BCUT2D eigenvalue weighted by Crippen LogP contribution is -2.54. The summed E-state index contributed by atoms with van der Waals surface area (Å²) in [6.07, 6.45) is 11.8. The van der Waals surface area contributed by atoms with E-state index in [1.165, 1.54) is 12.8 Å². The molecule has 3 aromatic rings. The van der Waals surface area contributed by atoms with Crippen LogP contribution in [-0.2, 0) is 10.2 Å². The van der Waals surface area contributed by atoms with Crippen LogP contribution in [0.2, 0.25) is 0 Å². The van der Waals surface area contributed by atoms with Crippen molar-refractivity contribution in [1.82, 2.24) is 20.3 Å². The molecule has 4 bridgehead atoms. The zero-order chi connectivity index (χ0) is 28.1. The van der Waals surface area contributed by atoms with Gasteiger partial charge in [-0.3, -0.25) is 4.79 Å². The van der Waals surface area contributed by atoms with Crippen LogP contribution in [0.5, 0.6) is 0 Å². The molecule has 0 aliphatic heterocycles. The Morgan fingerprint density at radius 1 is 0.952 bits per heavy atom. The predicted octanol–water partition coefficient (Wildman–Crippen LogP) is 6.88. The van der Waals surface area contributed by atoms with Crippen molar-refractivity contribution in [3.8, 4) is 11.5 Å². The van der Waals surface area contributed by atoms with E-state index in [1.807, 2.05) is 29.2 Å². The van der Waals surface area contributed by atoms with Crippen LogP contribution >= 0.6 is 0 Å². The van der Waals surface area contributed by atoms with E-state index in [4.69, 9.17) is 13.9 Å². The van der Waals surface area contributed by atoms with Gasteiger partial charge in [0.05, 0.1) is 0 Å². The van der Waals surface area contributed by atoms with E-state index in [9.17, 15) is 9.18 Å². The quantitative estimate of drug-likeness (QED) is 0.291. The Morgan fingerprint density at radius 3 is 2.43 bits per heavy atom. The normalized spacial score (nSPS) is 35.2. The Balaban J connectivity index is 1.00. The van der Waals surface area contributed by atoms with E-state index < -0.39 is 6.17 Å². The second kappa shape index (κ2) is 9.20. The maximum atomic E-state index is 14.9. The monoisotopic (exact) mass is 571 g/mol. The van der Waals surface area contributed by atoms with Crippen molar-refractivity contribution in [3.63, 3.8) is 0 Å². The Labute approximate surface area is 244 Å². The summed E-state index contributed by atoms with van der Waals surface area (Å²) in [4.78, 5) is 21.3. The van der Waals surface area contributed by atoms with Crippen LogP contribution < -0.4 is 4.90 Å².